The van der Waals surface area contributed by atoms with Crippen molar-refractivity contribution in [2.75, 3.05) is 0 Å². The molecule has 0 bridgehead atoms. The molecule has 2 rings (SSSR count). The van der Waals surface area contributed by atoms with Gasteiger partial charge in [-0.05, 0) is 35.0 Å². The normalized spacial score (nSPS) is 10.4. The Hall–Kier alpha value is -1.69. The van der Waals surface area contributed by atoms with Crippen LogP contribution in [0.3, 0.4) is 0 Å². The summed E-state index contributed by atoms with van der Waals surface area (Å²) < 4.78 is 2.34. The lowest BCUT2D eigenvalue weighted by molar-refractivity contribution is 0.0697. The second kappa shape index (κ2) is 4.05. The number of carboxylic acids is 1. The standard InChI is InChI=1S/C10H8BrN3O2/c1-6-8(11)2-3-9(13-6)14-5-7(4-12-14)10(15)16/h2-5H,1H3,(H,15,16). The third-order valence-electron chi connectivity index (χ3n) is 2.07. The fourth-order valence-electron chi connectivity index (χ4n) is 1.22. The Bertz CT molecular complexity index is 551. The topological polar surface area (TPSA) is 68.0 Å². The van der Waals surface area contributed by atoms with Crippen LogP contribution in [0.5, 0.6) is 0 Å². The van der Waals surface area contributed by atoms with Crippen molar-refractivity contribution in [2.45, 2.75) is 6.92 Å². The van der Waals surface area contributed by atoms with Gasteiger partial charge in [0.1, 0.15) is 0 Å². The van der Waals surface area contributed by atoms with Crippen molar-refractivity contribution in [3.63, 3.8) is 0 Å². The quantitative estimate of drug-likeness (QED) is 0.915. The van der Waals surface area contributed by atoms with Gasteiger partial charge in [-0.15, -0.1) is 0 Å². The molecule has 82 valence electrons. The second-order valence-electron chi connectivity index (χ2n) is 3.22. The van der Waals surface area contributed by atoms with E-state index in [9.17, 15) is 4.79 Å². The molecular weight excluding hydrogens is 274 g/mol. The van der Waals surface area contributed by atoms with Crippen LogP contribution < -0.4 is 0 Å². The van der Waals surface area contributed by atoms with Gasteiger partial charge >= 0.3 is 5.97 Å². The van der Waals surface area contributed by atoms with E-state index < -0.39 is 5.97 Å². The smallest absolute Gasteiger partial charge is 0.338 e. The largest absolute Gasteiger partial charge is 0.478 e. The van der Waals surface area contributed by atoms with E-state index in [0.29, 0.717) is 5.82 Å². The number of hydrogen-bond donors (Lipinski definition) is 1. The van der Waals surface area contributed by atoms with E-state index in [1.165, 1.54) is 17.1 Å². The summed E-state index contributed by atoms with van der Waals surface area (Å²) in [5.41, 5.74) is 0.965. The molecule has 0 fully saturated rings. The highest BCUT2D eigenvalue weighted by molar-refractivity contribution is 9.10. The van der Waals surface area contributed by atoms with Gasteiger partial charge in [-0.2, -0.15) is 5.10 Å². The van der Waals surface area contributed by atoms with E-state index in [1.54, 1.807) is 6.07 Å². The summed E-state index contributed by atoms with van der Waals surface area (Å²) in [5.74, 6) is -0.409. The van der Waals surface area contributed by atoms with Gasteiger partial charge in [-0.25, -0.2) is 14.5 Å². The number of aromatic nitrogens is 3. The van der Waals surface area contributed by atoms with Crippen LogP contribution in [-0.4, -0.2) is 25.8 Å². The Labute approximate surface area is 99.9 Å². The molecule has 6 heteroatoms. The molecule has 0 spiro atoms. The van der Waals surface area contributed by atoms with Gasteiger partial charge < -0.3 is 5.11 Å². The maximum atomic E-state index is 10.7. The Balaban J connectivity index is 2.42. The number of aromatic carboxylic acids is 1. The van der Waals surface area contributed by atoms with E-state index in [4.69, 9.17) is 5.11 Å². The fourth-order valence-corrected chi connectivity index (χ4v) is 1.44. The molecule has 2 aromatic rings. The van der Waals surface area contributed by atoms with E-state index in [0.717, 1.165) is 10.2 Å². The molecule has 5 nitrogen and oxygen atoms in total. The molecule has 1 N–H and O–H groups in total. The first-order valence-corrected chi connectivity index (χ1v) is 5.28. The van der Waals surface area contributed by atoms with Crippen molar-refractivity contribution in [3.8, 4) is 5.82 Å². The maximum Gasteiger partial charge on any atom is 0.338 e. The lowest BCUT2D eigenvalue weighted by Crippen LogP contribution is -1.99. The molecule has 0 unspecified atom stereocenters. The minimum atomic E-state index is -1.000. The van der Waals surface area contributed by atoms with Gasteiger partial charge in [-0.3, -0.25) is 0 Å². The van der Waals surface area contributed by atoms with Crippen molar-refractivity contribution in [3.05, 3.63) is 40.3 Å². The molecule has 2 heterocycles. The van der Waals surface area contributed by atoms with Crippen molar-refractivity contribution >= 4 is 21.9 Å². The summed E-state index contributed by atoms with van der Waals surface area (Å²) in [4.78, 5) is 15.0. The zero-order chi connectivity index (χ0) is 11.7. The third-order valence-corrected chi connectivity index (χ3v) is 2.91. The highest BCUT2D eigenvalue weighted by atomic mass is 79.9. The van der Waals surface area contributed by atoms with Gasteiger partial charge in [0.05, 0.1) is 17.5 Å². The van der Waals surface area contributed by atoms with Crippen molar-refractivity contribution in [2.24, 2.45) is 0 Å². The first-order chi connectivity index (χ1) is 7.58. The zero-order valence-corrected chi connectivity index (χ0v) is 9.97. The SMILES string of the molecule is Cc1nc(-n2cc(C(=O)O)cn2)ccc1Br. The highest BCUT2D eigenvalue weighted by Crippen LogP contribution is 2.15. The van der Waals surface area contributed by atoms with E-state index in [-0.39, 0.29) is 5.56 Å². The van der Waals surface area contributed by atoms with E-state index in [2.05, 4.69) is 26.0 Å². The predicted octanol–water partition coefficient (Wildman–Crippen LogP) is 2.04. The number of rotatable bonds is 2. The Morgan fingerprint density at radius 2 is 2.25 bits per heavy atom. The van der Waals surface area contributed by atoms with Crippen LogP contribution in [0.4, 0.5) is 0 Å². The number of carbonyl (C=O) groups is 1. The maximum absolute atomic E-state index is 10.7. The van der Waals surface area contributed by atoms with Gasteiger partial charge in [-0.1, -0.05) is 0 Å². The molecule has 0 aromatic carbocycles. The Morgan fingerprint density at radius 3 is 2.81 bits per heavy atom. The highest BCUT2D eigenvalue weighted by Gasteiger charge is 2.08. The second-order valence-corrected chi connectivity index (χ2v) is 4.07. The van der Waals surface area contributed by atoms with Crippen molar-refractivity contribution < 1.29 is 9.90 Å². The molecule has 0 radical (unpaired) electrons. The molecule has 0 amide bonds. The zero-order valence-electron chi connectivity index (χ0n) is 8.38. The van der Waals surface area contributed by atoms with Crippen LogP contribution in [0.2, 0.25) is 0 Å². The molecular formula is C10H8BrN3O2. The number of carboxylic acid groups (broad SMARTS) is 1. The molecule has 0 aliphatic rings. The van der Waals surface area contributed by atoms with E-state index >= 15 is 0 Å². The monoisotopic (exact) mass is 281 g/mol. The molecule has 0 aliphatic carbocycles. The van der Waals surface area contributed by atoms with Crippen LogP contribution in [0.25, 0.3) is 5.82 Å². The molecule has 0 aliphatic heterocycles. The van der Waals surface area contributed by atoms with Gasteiger partial charge in [0.15, 0.2) is 5.82 Å². The number of hydrogen-bond acceptors (Lipinski definition) is 3. The average molecular weight is 282 g/mol. The number of pyridine rings is 1. The average Bonchev–Trinajstić information content (AvgIpc) is 2.71. The van der Waals surface area contributed by atoms with E-state index in [1.807, 2.05) is 13.0 Å². The van der Waals surface area contributed by atoms with Crippen LogP contribution in [0.1, 0.15) is 16.1 Å². The van der Waals surface area contributed by atoms with Crippen LogP contribution in [-0.2, 0) is 0 Å². The summed E-state index contributed by atoms with van der Waals surface area (Å²) in [6, 6.07) is 3.61. The van der Waals surface area contributed by atoms with Gasteiger partial charge in [0.2, 0.25) is 0 Å². The summed E-state index contributed by atoms with van der Waals surface area (Å²) >= 11 is 3.34. The molecule has 0 saturated carbocycles. The number of nitrogens with zero attached hydrogens (tertiary/aromatic N) is 3. The summed E-state index contributed by atoms with van der Waals surface area (Å²) in [7, 11) is 0. The molecule has 0 saturated heterocycles. The van der Waals surface area contributed by atoms with Crippen molar-refractivity contribution in [1.29, 1.82) is 0 Å². The number of halogens is 1. The van der Waals surface area contributed by atoms with Gasteiger partial charge in [0, 0.05) is 10.7 Å². The predicted molar refractivity (Wildman–Crippen MR) is 60.8 cm³/mol. The first-order valence-electron chi connectivity index (χ1n) is 4.49. The van der Waals surface area contributed by atoms with Crippen LogP contribution in [0.15, 0.2) is 29.0 Å². The number of aryl methyl sites for hydroxylation is 1. The third kappa shape index (κ3) is 1.96. The minimum Gasteiger partial charge on any atom is -0.478 e. The Kier molecular flexibility index (Phi) is 2.74. The fraction of sp³-hybridized carbons (Fsp3) is 0.100. The molecule has 2 aromatic heterocycles. The van der Waals surface area contributed by atoms with Crippen LogP contribution >= 0.6 is 15.9 Å². The lowest BCUT2D eigenvalue weighted by atomic mass is 10.3. The molecule has 0 atom stereocenters. The minimum absolute atomic E-state index is 0.141. The first kappa shape index (κ1) is 10.8. The summed E-state index contributed by atoms with van der Waals surface area (Å²) in [5, 5.41) is 12.7. The summed E-state index contributed by atoms with van der Waals surface area (Å²) in [6.07, 6.45) is 2.72. The lowest BCUT2D eigenvalue weighted by Gasteiger charge is -2.02. The van der Waals surface area contributed by atoms with Gasteiger partial charge in [0.25, 0.3) is 0 Å². The summed E-state index contributed by atoms with van der Waals surface area (Å²) in [6.45, 7) is 1.86. The van der Waals surface area contributed by atoms with Crippen LogP contribution in [0, 0.1) is 6.92 Å². The van der Waals surface area contributed by atoms with Crippen molar-refractivity contribution in [1.82, 2.24) is 14.8 Å². The molecule has 16 heavy (non-hydrogen) atoms. The Morgan fingerprint density at radius 1 is 1.50 bits per heavy atom.